The summed E-state index contributed by atoms with van der Waals surface area (Å²) in [5, 5.41) is 6.68. The predicted octanol–water partition coefficient (Wildman–Crippen LogP) is 3.19. The summed E-state index contributed by atoms with van der Waals surface area (Å²) < 4.78 is 13.1. The van der Waals surface area contributed by atoms with Gasteiger partial charge in [-0.25, -0.2) is 4.39 Å². The molecule has 0 fully saturated rings. The minimum Gasteiger partial charge on any atom is -0.356 e. The van der Waals surface area contributed by atoms with E-state index in [2.05, 4.69) is 41.3 Å². The zero-order valence-corrected chi connectivity index (χ0v) is 17.9. The van der Waals surface area contributed by atoms with Gasteiger partial charge in [0.1, 0.15) is 5.82 Å². The molecule has 1 aromatic rings. The average Bonchev–Trinajstić information content (AvgIpc) is 2.53. The molecule has 6 heteroatoms. The van der Waals surface area contributed by atoms with Crippen molar-refractivity contribution in [3.63, 3.8) is 0 Å². The quantitative estimate of drug-likeness (QED) is 0.363. The molecule has 1 unspecified atom stereocenters. The first-order valence-corrected chi connectivity index (χ1v) is 8.45. The molecule has 0 bridgehead atoms. The highest BCUT2D eigenvalue weighted by atomic mass is 127. The Morgan fingerprint density at radius 3 is 2.46 bits per heavy atom. The van der Waals surface area contributed by atoms with E-state index in [1.54, 1.807) is 13.1 Å². The lowest BCUT2D eigenvalue weighted by molar-refractivity contribution is 0.231. The highest BCUT2D eigenvalue weighted by Crippen LogP contribution is 2.10. The zero-order chi connectivity index (χ0) is 17.2. The van der Waals surface area contributed by atoms with Crippen molar-refractivity contribution in [1.29, 1.82) is 0 Å². The number of aryl methyl sites for hydroxylation is 1. The molecule has 0 aromatic heterocycles. The van der Waals surface area contributed by atoms with E-state index in [4.69, 9.17) is 0 Å². The molecule has 0 spiro atoms. The Morgan fingerprint density at radius 1 is 1.25 bits per heavy atom. The number of hydrogen-bond acceptors (Lipinski definition) is 2. The molecule has 0 aliphatic carbocycles. The van der Waals surface area contributed by atoms with Gasteiger partial charge in [0.15, 0.2) is 5.96 Å². The van der Waals surface area contributed by atoms with Crippen LogP contribution in [-0.2, 0) is 6.42 Å². The third-order valence-corrected chi connectivity index (χ3v) is 4.22. The van der Waals surface area contributed by atoms with Crippen molar-refractivity contribution in [2.24, 2.45) is 4.99 Å². The highest BCUT2D eigenvalue weighted by Gasteiger charge is 2.10. The van der Waals surface area contributed by atoms with E-state index in [0.717, 1.165) is 49.7 Å². The van der Waals surface area contributed by atoms with E-state index in [1.165, 1.54) is 6.07 Å². The second-order valence-corrected chi connectivity index (χ2v) is 5.77. The molecule has 1 rings (SSSR count). The lowest BCUT2D eigenvalue weighted by Crippen LogP contribution is -2.46. The van der Waals surface area contributed by atoms with Crippen molar-refractivity contribution in [1.82, 2.24) is 15.5 Å². The lowest BCUT2D eigenvalue weighted by atomic mass is 10.1. The van der Waals surface area contributed by atoms with Crippen LogP contribution in [0.4, 0.5) is 4.39 Å². The molecule has 0 aliphatic rings. The van der Waals surface area contributed by atoms with Gasteiger partial charge >= 0.3 is 0 Å². The van der Waals surface area contributed by atoms with Gasteiger partial charge in [0.2, 0.25) is 0 Å². The minimum absolute atomic E-state index is 0. The van der Waals surface area contributed by atoms with Crippen LogP contribution in [0.15, 0.2) is 23.2 Å². The SMILES string of the molecule is CCN(CC)C(C)CNC(=NC)NCCc1ccc(F)cc1C.I. The van der Waals surface area contributed by atoms with E-state index >= 15 is 0 Å². The van der Waals surface area contributed by atoms with Crippen LogP contribution in [0.2, 0.25) is 0 Å². The van der Waals surface area contributed by atoms with E-state index < -0.39 is 0 Å². The summed E-state index contributed by atoms with van der Waals surface area (Å²) in [6.07, 6.45) is 0.846. The standard InChI is InChI=1S/C18H31FN4.HI/c1-6-23(7-2)15(4)13-22-18(20-5)21-11-10-16-8-9-17(19)12-14(16)3;/h8-9,12,15H,6-7,10-11,13H2,1-5H3,(H2,20,21,22);1H. The molecule has 0 saturated heterocycles. The number of guanidine groups is 1. The minimum atomic E-state index is -0.179. The number of hydrogen-bond donors (Lipinski definition) is 2. The molecule has 138 valence electrons. The number of halogens is 2. The number of nitrogens with zero attached hydrogens (tertiary/aromatic N) is 2. The summed E-state index contributed by atoms with van der Waals surface area (Å²) in [7, 11) is 1.78. The maximum atomic E-state index is 13.1. The van der Waals surface area contributed by atoms with Gasteiger partial charge in [0.25, 0.3) is 0 Å². The molecule has 0 amide bonds. The molecule has 0 aliphatic heterocycles. The van der Waals surface area contributed by atoms with Crippen molar-refractivity contribution in [2.75, 3.05) is 33.2 Å². The molecular weight excluding hydrogens is 418 g/mol. The third-order valence-electron chi connectivity index (χ3n) is 4.22. The smallest absolute Gasteiger partial charge is 0.191 e. The fourth-order valence-corrected chi connectivity index (χ4v) is 2.70. The Morgan fingerprint density at radius 2 is 1.92 bits per heavy atom. The van der Waals surface area contributed by atoms with Crippen LogP contribution in [0, 0.1) is 12.7 Å². The third kappa shape index (κ3) is 7.79. The normalized spacial score (nSPS) is 12.7. The lowest BCUT2D eigenvalue weighted by Gasteiger charge is -2.27. The number of likely N-dealkylation sites (N-methyl/N-ethyl adjacent to an activating group) is 1. The van der Waals surface area contributed by atoms with E-state index in [0.29, 0.717) is 6.04 Å². The largest absolute Gasteiger partial charge is 0.356 e. The second-order valence-electron chi connectivity index (χ2n) is 5.77. The first-order chi connectivity index (χ1) is 11.0. The van der Waals surface area contributed by atoms with Crippen LogP contribution < -0.4 is 10.6 Å². The van der Waals surface area contributed by atoms with E-state index in [1.807, 2.05) is 13.0 Å². The molecule has 0 heterocycles. The van der Waals surface area contributed by atoms with Gasteiger partial charge in [-0.15, -0.1) is 24.0 Å². The van der Waals surface area contributed by atoms with Crippen LogP contribution in [0.1, 0.15) is 31.9 Å². The Labute approximate surface area is 163 Å². The Balaban J connectivity index is 0.00000529. The van der Waals surface area contributed by atoms with Gasteiger partial charge in [-0.2, -0.15) is 0 Å². The topological polar surface area (TPSA) is 39.7 Å². The maximum absolute atomic E-state index is 13.1. The van der Waals surface area contributed by atoms with Gasteiger partial charge in [-0.05, 0) is 56.6 Å². The van der Waals surface area contributed by atoms with Crippen LogP contribution in [0.3, 0.4) is 0 Å². The molecule has 2 N–H and O–H groups in total. The van der Waals surface area contributed by atoms with Crippen molar-refractivity contribution in [3.8, 4) is 0 Å². The number of rotatable bonds is 8. The van der Waals surface area contributed by atoms with Crippen LogP contribution in [0.25, 0.3) is 0 Å². The predicted molar refractivity (Wildman–Crippen MR) is 112 cm³/mol. The monoisotopic (exact) mass is 450 g/mol. The average molecular weight is 450 g/mol. The fourth-order valence-electron chi connectivity index (χ4n) is 2.70. The molecule has 24 heavy (non-hydrogen) atoms. The van der Waals surface area contributed by atoms with Gasteiger partial charge in [-0.3, -0.25) is 9.89 Å². The van der Waals surface area contributed by atoms with Crippen molar-refractivity contribution in [2.45, 2.75) is 40.2 Å². The van der Waals surface area contributed by atoms with Gasteiger partial charge in [0.05, 0.1) is 0 Å². The Hall–Kier alpha value is -0.890. The van der Waals surface area contributed by atoms with Crippen LogP contribution in [-0.4, -0.2) is 50.1 Å². The summed E-state index contributed by atoms with van der Waals surface area (Å²) in [4.78, 5) is 6.66. The molecule has 0 radical (unpaired) electrons. The van der Waals surface area contributed by atoms with E-state index in [9.17, 15) is 4.39 Å². The second kappa shape index (κ2) is 12.5. The molecule has 1 aromatic carbocycles. The van der Waals surface area contributed by atoms with E-state index in [-0.39, 0.29) is 29.8 Å². The molecule has 0 saturated carbocycles. The van der Waals surface area contributed by atoms with Gasteiger partial charge in [0, 0.05) is 26.2 Å². The van der Waals surface area contributed by atoms with Crippen LogP contribution >= 0.6 is 24.0 Å². The maximum Gasteiger partial charge on any atom is 0.191 e. The Bertz CT molecular complexity index is 504. The number of nitrogens with one attached hydrogen (secondary N) is 2. The van der Waals surface area contributed by atoms with Crippen molar-refractivity contribution >= 4 is 29.9 Å². The summed E-state index contributed by atoms with van der Waals surface area (Å²) in [5.41, 5.74) is 2.15. The zero-order valence-electron chi connectivity index (χ0n) is 15.5. The first kappa shape index (κ1) is 23.1. The molecule has 1 atom stereocenters. The molecule has 4 nitrogen and oxygen atoms in total. The number of benzene rings is 1. The van der Waals surface area contributed by atoms with Crippen molar-refractivity contribution in [3.05, 3.63) is 35.1 Å². The summed E-state index contributed by atoms with van der Waals surface area (Å²) in [5.74, 6) is 0.630. The van der Waals surface area contributed by atoms with Crippen molar-refractivity contribution < 1.29 is 4.39 Å². The fraction of sp³-hybridized carbons (Fsp3) is 0.611. The first-order valence-electron chi connectivity index (χ1n) is 8.45. The number of aliphatic imine (C=N–C) groups is 1. The van der Waals surface area contributed by atoms with Crippen LogP contribution in [0.5, 0.6) is 0 Å². The van der Waals surface area contributed by atoms with Gasteiger partial charge in [-0.1, -0.05) is 19.9 Å². The highest BCUT2D eigenvalue weighted by molar-refractivity contribution is 14.0. The summed E-state index contributed by atoms with van der Waals surface area (Å²) in [6.45, 7) is 12.2. The summed E-state index contributed by atoms with van der Waals surface area (Å²) in [6, 6.07) is 5.41. The summed E-state index contributed by atoms with van der Waals surface area (Å²) >= 11 is 0. The Kier molecular flexibility index (Phi) is 12.0. The van der Waals surface area contributed by atoms with Gasteiger partial charge < -0.3 is 10.6 Å². The molecular formula is C18H32FIN4.